The van der Waals surface area contributed by atoms with Gasteiger partial charge in [-0.1, -0.05) is 37.3 Å². The van der Waals surface area contributed by atoms with Gasteiger partial charge in [-0.2, -0.15) is 10.4 Å². The van der Waals surface area contributed by atoms with Gasteiger partial charge in [0.25, 0.3) is 5.91 Å². The van der Waals surface area contributed by atoms with Crippen LogP contribution >= 0.6 is 0 Å². The summed E-state index contributed by atoms with van der Waals surface area (Å²) in [6.07, 6.45) is 0.709. The molecule has 23 heavy (non-hydrogen) atoms. The smallest absolute Gasteiger partial charge is 0.277 e. The maximum Gasteiger partial charge on any atom is 0.277 e. The molecule has 0 heterocycles. The highest BCUT2D eigenvalue weighted by Crippen LogP contribution is 2.11. The average Bonchev–Trinajstić information content (AvgIpc) is 2.62. The van der Waals surface area contributed by atoms with Gasteiger partial charge in [0, 0.05) is 0 Å². The number of nitrogens with zero attached hydrogens (tertiary/aromatic N) is 2. The van der Waals surface area contributed by atoms with Gasteiger partial charge in [0.05, 0.1) is 17.3 Å². The Hall–Kier alpha value is -3.13. The minimum atomic E-state index is -0.337. The van der Waals surface area contributed by atoms with Gasteiger partial charge >= 0.3 is 0 Å². The SMILES string of the molecule is CC/C(=N\NC(=O)COc1ccc(C#N)cc1)c1ccccc1. The first-order valence-electron chi connectivity index (χ1n) is 7.26. The first-order valence-corrected chi connectivity index (χ1v) is 7.26. The molecule has 116 valence electrons. The van der Waals surface area contributed by atoms with E-state index in [4.69, 9.17) is 10.00 Å². The Labute approximate surface area is 135 Å². The zero-order chi connectivity index (χ0) is 16.5. The lowest BCUT2D eigenvalue weighted by atomic mass is 10.1. The van der Waals surface area contributed by atoms with Gasteiger partial charge < -0.3 is 4.74 Å². The van der Waals surface area contributed by atoms with Crippen molar-refractivity contribution in [3.05, 3.63) is 65.7 Å². The van der Waals surface area contributed by atoms with Crippen molar-refractivity contribution < 1.29 is 9.53 Å². The standard InChI is InChI=1S/C18H17N3O2/c1-2-17(15-6-4-3-5-7-15)20-21-18(22)13-23-16-10-8-14(12-19)9-11-16/h3-11H,2,13H2,1H3,(H,21,22)/b20-17+. The number of amides is 1. The molecule has 0 saturated heterocycles. The minimum absolute atomic E-state index is 0.138. The molecule has 5 nitrogen and oxygen atoms in total. The van der Waals surface area contributed by atoms with Crippen LogP contribution in [0.1, 0.15) is 24.5 Å². The molecule has 0 fully saturated rings. The Bertz CT molecular complexity index is 716. The molecular formula is C18H17N3O2. The van der Waals surface area contributed by atoms with Crippen LogP contribution in [0, 0.1) is 11.3 Å². The highest BCUT2D eigenvalue weighted by molar-refractivity contribution is 6.00. The summed E-state index contributed by atoms with van der Waals surface area (Å²) < 4.78 is 5.35. The topological polar surface area (TPSA) is 74.5 Å². The normalized spacial score (nSPS) is 10.7. The molecule has 1 N–H and O–H groups in total. The third-order valence-electron chi connectivity index (χ3n) is 3.11. The lowest BCUT2D eigenvalue weighted by Crippen LogP contribution is -2.26. The molecule has 0 atom stereocenters. The van der Waals surface area contributed by atoms with E-state index in [1.807, 2.05) is 43.3 Å². The molecule has 2 aromatic carbocycles. The lowest BCUT2D eigenvalue weighted by molar-refractivity contribution is -0.123. The van der Waals surface area contributed by atoms with Crippen molar-refractivity contribution in [1.82, 2.24) is 5.43 Å². The summed E-state index contributed by atoms with van der Waals surface area (Å²) in [5.41, 5.74) is 4.82. The molecule has 1 amide bonds. The molecule has 0 bridgehead atoms. The van der Waals surface area contributed by atoms with Crippen molar-refractivity contribution in [3.63, 3.8) is 0 Å². The second kappa shape index (κ2) is 8.35. The second-order valence-corrected chi connectivity index (χ2v) is 4.74. The van der Waals surface area contributed by atoms with Gasteiger partial charge in [0.15, 0.2) is 6.61 Å². The average molecular weight is 307 g/mol. The molecule has 0 aliphatic heterocycles. The predicted octanol–water partition coefficient (Wildman–Crippen LogP) is 2.87. The van der Waals surface area contributed by atoms with Crippen LogP contribution < -0.4 is 10.2 Å². The van der Waals surface area contributed by atoms with Crippen LogP contribution in [-0.2, 0) is 4.79 Å². The minimum Gasteiger partial charge on any atom is -0.484 e. The van der Waals surface area contributed by atoms with Gasteiger partial charge in [-0.25, -0.2) is 5.43 Å². The third-order valence-corrected chi connectivity index (χ3v) is 3.11. The van der Waals surface area contributed by atoms with E-state index in [0.29, 0.717) is 17.7 Å². The molecule has 0 saturated carbocycles. The quantitative estimate of drug-likeness (QED) is 0.658. The Balaban J connectivity index is 1.88. The molecule has 0 radical (unpaired) electrons. The Morgan fingerprint density at radius 3 is 2.48 bits per heavy atom. The summed E-state index contributed by atoms with van der Waals surface area (Å²) in [5, 5.41) is 12.9. The Morgan fingerprint density at radius 1 is 1.17 bits per heavy atom. The Kier molecular flexibility index (Phi) is 5.89. The van der Waals surface area contributed by atoms with Crippen LogP contribution in [0.4, 0.5) is 0 Å². The van der Waals surface area contributed by atoms with Crippen molar-refractivity contribution in [1.29, 1.82) is 5.26 Å². The summed E-state index contributed by atoms with van der Waals surface area (Å²) in [6.45, 7) is 1.84. The van der Waals surface area contributed by atoms with Crippen LogP contribution in [0.2, 0.25) is 0 Å². The van der Waals surface area contributed by atoms with E-state index in [1.165, 1.54) is 0 Å². The largest absolute Gasteiger partial charge is 0.484 e. The van der Waals surface area contributed by atoms with E-state index in [9.17, 15) is 4.79 Å². The fourth-order valence-corrected chi connectivity index (χ4v) is 1.91. The molecule has 0 aliphatic carbocycles. The zero-order valence-electron chi connectivity index (χ0n) is 12.8. The number of carbonyl (C=O) groups is 1. The summed E-state index contributed by atoms with van der Waals surface area (Å²) in [5.74, 6) is 0.193. The van der Waals surface area contributed by atoms with Crippen LogP contribution in [0.3, 0.4) is 0 Å². The fraction of sp³-hybridized carbons (Fsp3) is 0.167. The number of carbonyl (C=O) groups excluding carboxylic acids is 1. The van der Waals surface area contributed by atoms with Crippen LogP contribution in [0.5, 0.6) is 5.75 Å². The maximum atomic E-state index is 11.8. The summed E-state index contributed by atoms with van der Waals surface area (Å²) in [7, 11) is 0. The molecular weight excluding hydrogens is 290 g/mol. The molecule has 0 aromatic heterocycles. The number of rotatable bonds is 6. The van der Waals surface area contributed by atoms with E-state index in [-0.39, 0.29) is 12.5 Å². The van der Waals surface area contributed by atoms with Gasteiger partial charge in [-0.3, -0.25) is 4.79 Å². The molecule has 2 rings (SSSR count). The van der Waals surface area contributed by atoms with E-state index in [0.717, 1.165) is 11.3 Å². The number of nitrogens with one attached hydrogen (secondary N) is 1. The van der Waals surface area contributed by atoms with Gasteiger partial charge in [0.2, 0.25) is 0 Å². The first kappa shape index (κ1) is 16.2. The van der Waals surface area contributed by atoms with E-state index in [1.54, 1.807) is 24.3 Å². The van der Waals surface area contributed by atoms with Crippen molar-refractivity contribution in [2.75, 3.05) is 6.61 Å². The van der Waals surface area contributed by atoms with Gasteiger partial charge in [-0.05, 0) is 36.2 Å². The fourth-order valence-electron chi connectivity index (χ4n) is 1.91. The summed E-state index contributed by atoms with van der Waals surface area (Å²) in [6, 6.07) is 18.3. The molecule has 2 aromatic rings. The molecule has 0 unspecified atom stereocenters. The molecule has 0 spiro atoms. The number of benzene rings is 2. The van der Waals surface area contributed by atoms with Crippen LogP contribution in [0.25, 0.3) is 0 Å². The molecule has 5 heteroatoms. The molecule has 0 aliphatic rings. The number of hydrogen-bond acceptors (Lipinski definition) is 4. The van der Waals surface area contributed by atoms with Crippen molar-refractivity contribution >= 4 is 11.6 Å². The maximum absolute atomic E-state index is 11.8. The third kappa shape index (κ3) is 4.97. The highest BCUT2D eigenvalue weighted by Gasteiger charge is 2.04. The van der Waals surface area contributed by atoms with Crippen molar-refractivity contribution in [2.45, 2.75) is 13.3 Å². The number of nitriles is 1. The summed E-state index contributed by atoms with van der Waals surface area (Å²) >= 11 is 0. The Morgan fingerprint density at radius 2 is 1.87 bits per heavy atom. The van der Waals surface area contributed by atoms with Gasteiger partial charge in [-0.15, -0.1) is 0 Å². The van der Waals surface area contributed by atoms with Gasteiger partial charge in [0.1, 0.15) is 5.75 Å². The number of ether oxygens (including phenoxy) is 1. The van der Waals surface area contributed by atoms with Crippen LogP contribution in [-0.4, -0.2) is 18.2 Å². The predicted molar refractivity (Wildman–Crippen MR) is 88.1 cm³/mol. The van der Waals surface area contributed by atoms with Crippen molar-refractivity contribution in [3.8, 4) is 11.8 Å². The second-order valence-electron chi connectivity index (χ2n) is 4.74. The van der Waals surface area contributed by atoms with E-state index >= 15 is 0 Å². The number of hydrazone groups is 1. The number of hydrogen-bond donors (Lipinski definition) is 1. The van der Waals surface area contributed by atoms with Crippen LogP contribution in [0.15, 0.2) is 59.7 Å². The van der Waals surface area contributed by atoms with E-state index < -0.39 is 0 Å². The highest BCUT2D eigenvalue weighted by atomic mass is 16.5. The van der Waals surface area contributed by atoms with Crippen molar-refractivity contribution in [2.24, 2.45) is 5.10 Å². The summed E-state index contributed by atoms with van der Waals surface area (Å²) in [4.78, 5) is 11.8. The lowest BCUT2D eigenvalue weighted by Gasteiger charge is -2.07. The van der Waals surface area contributed by atoms with E-state index in [2.05, 4.69) is 10.5 Å². The first-order chi connectivity index (χ1) is 11.2. The zero-order valence-corrected chi connectivity index (χ0v) is 12.8. The monoisotopic (exact) mass is 307 g/mol.